The zero-order chi connectivity index (χ0) is 20.2. The molecule has 1 amide bonds. The highest BCUT2D eigenvalue weighted by Gasteiger charge is 2.15. The molecule has 0 aliphatic carbocycles. The molecular weight excluding hydrogens is 382 g/mol. The largest absolute Gasteiger partial charge is 0.323 e. The molecule has 0 radical (unpaired) electrons. The Labute approximate surface area is 173 Å². The number of para-hydroxylation sites is 1. The van der Waals surface area contributed by atoms with Gasteiger partial charge in [0.1, 0.15) is 0 Å². The van der Waals surface area contributed by atoms with Gasteiger partial charge < -0.3 is 9.88 Å². The summed E-state index contributed by atoms with van der Waals surface area (Å²) in [4.78, 5) is 16.9. The third-order valence-electron chi connectivity index (χ3n) is 4.55. The molecule has 0 unspecified atom stereocenters. The molecule has 0 aliphatic heterocycles. The van der Waals surface area contributed by atoms with Crippen LogP contribution in [-0.4, -0.2) is 31.4 Å². The molecule has 0 fully saturated rings. The summed E-state index contributed by atoms with van der Waals surface area (Å²) in [7, 11) is 0. The van der Waals surface area contributed by atoms with Crippen molar-refractivity contribution < 1.29 is 4.79 Å². The first-order chi connectivity index (χ1) is 14.2. The van der Waals surface area contributed by atoms with Crippen molar-refractivity contribution in [1.29, 1.82) is 0 Å². The summed E-state index contributed by atoms with van der Waals surface area (Å²) in [6.45, 7) is 4.83. The van der Waals surface area contributed by atoms with Crippen molar-refractivity contribution in [2.45, 2.75) is 25.5 Å². The van der Waals surface area contributed by atoms with Crippen molar-refractivity contribution >= 4 is 34.3 Å². The summed E-state index contributed by atoms with van der Waals surface area (Å²) in [5.74, 6) is 0.961. The van der Waals surface area contributed by atoms with Crippen molar-refractivity contribution in [1.82, 2.24) is 19.7 Å². The zero-order valence-electron chi connectivity index (χ0n) is 16.3. The fraction of sp³-hybridized carbons (Fsp3) is 0.182. The Bertz CT molecular complexity index is 1170. The lowest BCUT2D eigenvalue weighted by atomic mass is 10.1. The van der Waals surface area contributed by atoms with Crippen LogP contribution in [0, 0.1) is 6.92 Å². The van der Waals surface area contributed by atoms with Crippen LogP contribution >= 0.6 is 11.8 Å². The highest BCUT2D eigenvalue weighted by Crippen LogP contribution is 2.25. The van der Waals surface area contributed by atoms with E-state index in [2.05, 4.69) is 46.5 Å². The maximum absolute atomic E-state index is 12.5. The molecular formula is C22H21N5OS. The number of hydrogen-bond donors (Lipinski definition) is 1. The summed E-state index contributed by atoms with van der Waals surface area (Å²) in [6, 6.07) is 17.8. The van der Waals surface area contributed by atoms with Gasteiger partial charge in [-0.15, -0.1) is 10.2 Å². The van der Waals surface area contributed by atoms with Gasteiger partial charge in [-0.3, -0.25) is 9.78 Å². The van der Waals surface area contributed by atoms with Crippen LogP contribution < -0.4 is 5.32 Å². The van der Waals surface area contributed by atoms with Gasteiger partial charge in [0.25, 0.3) is 0 Å². The molecule has 2 aromatic heterocycles. The fourth-order valence-electron chi connectivity index (χ4n) is 3.20. The van der Waals surface area contributed by atoms with Crippen LogP contribution in [0.4, 0.5) is 5.69 Å². The average molecular weight is 404 g/mol. The highest BCUT2D eigenvalue weighted by molar-refractivity contribution is 7.99. The quantitative estimate of drug-likeness (QED) is 0.478. The van der Waals surface area contributed by atoms with Crippen molar-refractivity contribution in [2.75, 3.05) is 11.1 Å². The smallest absolute Gasteiger partial charge is 0.234 e. The Balaban J connectivity index is 1.48. The van der Waals surface area contributed by atoms with Gasteiger partial charge in [0.2, 0.25) is 5.91 Å². The number of pyridine rings is 1. The van der Waals surface area contributed by atoms with E-state index in [1.54, 1.807) is 6.20 Å². The molecule has 0 spiro atoms. The Morgan fingerprint density at radius 3 is 2.76 bits per heavy atom. The lowest BCUT2D eigenvalue weighted by molar-refractivity contribution is -0.113. The standard InChI is InChI=1S/C22H21N5OS/c1-3-27-21(17-9-4-7-15(2)13-17)25-26-22(27)29-14-19(28)24-18-11-5-8-16-10-6-12-23-20(16)18/h4-13H,3,14H2,1-2H3,(H,24,28). The number of rotatable bonds is 6. The van der Waals surface area contributed by atoms with Crippen molar-refractivity contribution in [3.05, 3.63) is 66.4 Å². The van der Waals surface area contributed by atoms with Crippen LogP contribution in [0.25, 0.3) is 22.3 Å². The number of nitrogens with zero attached hydrogens (tertiary/aromatic N) is 4. The molecule has 4 rings (SSSR count). The number of aryl methyl sites for hydroxylation is 1. The minimum Gasteiger partial charge on any atom is -0.323 e. The van der Waals surface area contributed by atoms with Crippen LogP contribution in [0.1, 0.15) is 12.5 Å². The molecule has 29 heavy (non-hydrogen) atoms. The molecule has 0 saturated heterocycles. The number of benzene rings is 2. The van der Waals surface area contributed by atoms with Gasteiger partial charge in [0.15, 0.2) is 11.0 Å². The molecule has 0 bridgehead atoms. The topological polar surface area (TPSA) is 72.7 Å². The van der Waals surface area contributed by atoms with E-state index < -0.39 is 0 Å². The normalized spacial score (nSPS) is 11.0. The van der Waals surface area contributed by atoms with Crippen LogP contribution in [-0.2, 0) is 11.3 Å². The lowest BCUT2D eigenvalue weighted by Crippen LogP contribution is -2.15. The molecule has 2 heterocycles. The van der Waals surface area contributed by atoms with Gasteiger partial charge >= 0.3 is 0 Å². The number of aromatic nitrogens is 4. The van der Waals surface area contributed by atoms with Crippen LogP contribution in [0.15, 0.2) is 66.0 Å². The summed E-state index contributed by atoms with van der Waals surface area (Å²) in [6.07, 6.45) is 1.73. The van der Waals surface area contributed by atoms with Crippen LogP contribution in [0.2, 0.25) is 0 Å². The second-order valence-corrected chi connectivity index (χ2v) is 7.58. The number of thioether (sulfide) groups is 1. The van der Waals surface area contributed by atoms with Gasteiger partial charge in [-0.05, 0) is 32.0 Å². The summed E-state index contributed by atoms with van der Waals surface area (Å²) in [5.41, 5.74) is 3.70. The predicted octanol–water partition coefficient (Wildman–Crippen LogP) is 4.55. The molecule has 7 heteroatoms. The van der Waals surface area contributed by atoms with E-state index in [0.717, 1.165) is 34.0 Å². The summed E-state index contributed by atoms with van der Waals surface area (Å²) < 4.78 is 2.03. The number of carbonyl (C=O) groups is 1. The van der Waals surface area contributed by atoms with Gasteiger partial charge in [0, 0.05) is 23.7 Å². The first kappa shape index (κ1) is 19.1. The number of anilines is 1. The summed E-state index contributed by atoms with van der Waals surface area (Å²) >= 11 is 1.38. The van der Waals surface area contributed by atoms with Crippen molar-refractivity contribution in [2.24, 2.45) is 0 Å². The van der Waals surface area contributed by atoms with E-state index in [9.17, 15) is 4.79 Å². The molecule has 6 nitrogen and oxygen atoms in total. The zero-order valence-corrected chi connectivity index (χ0v) is 17.1. The average Bonchev–Trinajstić information content (AvgIpc) is 3.15. The third-order valence-corrected chi connectivity index (χ3v) is 5.52. The maximum Gasteiger partial charge on any atom is 0.234 e. The van der Waals surface area contributed by atoms with E-state index >= 15 is 0 Å². The predicted molar refractivity (Wildman–Crippen MR) is 117 cm³/mol. The molecule has 1 N–H and O–H groups in total. The van der Waals surface area contributed by atoms with Gasteiger partial charge in [-0.1, -0.05) is 53.7 Å². The second-order valence-electron chi connectivity index (χ2n) is 6.64. The van der Waals surface area contributed by atoms with E-state index in [-0.39, 0.29) is 11.7 Å². The maximum atomic E-state index is 12.5. The summed E-state index contributed by atoms with van der Waals surface area (Å²) in [5, 5.41) is 13.3. The molecule has 2 aromatic carbocycles. The Hall–Kier alpha value is -3.19. The number of fused-ring (bicyclic) bond motifs is 1. The molecule has 0 aliphatic rings. The number of amides is 1. The minimum absolute atomic E-state index is 0.101. The van der Waals surface area contributed by atoms with E-state index in [0.29, 0.717) is 5.69 Å². The third kappa shape index (κ3) is 4.14. The molecule has 0 saturated carbocycles. The highest BCUT2D eigenvalue weighted by atomic mass is 32.2. The van der Waals surface area contributed by atoms with Crippen LogP contribution in [0.5, 0.6) is 0 Å². The first-order valence-corrected chi connectivity index (χ1v) is 10.4. The van der Waals surface area contributed by atoms with Gasteiger partial charge in [-0.25, -0.2) is 0 Å². The molecule has 4 aromatic rings. The molecule has 0 atom stereocenters. The van der Waals surface area contributed by atoms with Crippen molar-refractivity contribution in [3.63, 3.8) is 0 Å². The minimum atomic E-state index is -0.101. The number of nitrogens with one attached hydrogen (secondary N) is 1. The van der Waals surface area contributed by atoms with Gasteiger partial charge in [-0.2, -0.15) is 0 Å². The van der Waals surface area contributed by atoms with E-state index in [1.807, 2.05) is 47.0 Å². The second kappa shape index (κ2) is 8.45. The Kier molecular flexibility index (Phi) is 5.57. The van der Waals surface area contributed by atoms with E-state index in [1.165, 1.54) is 17.3 Å². The van der Waals surface area contributed by atoms with Crippen molar-refractivity contribution in [3.8, 4) is 11.4 Å². The van der Waals surface area contributed by atoms with Crippen LogP contribution in [0.3, 0.4) is 0 Å². The monoisotopic (exact) mass is 403 g/mol. The number of hydrogen-bond acceptors (Lipinski definition) is 5. The van der Waals surface area contributed by atoms with Gasteiger partial charge in [0.05, 0.1) is 17.0 Å². The lowest BCUT2D eigenvalue weighted by Gasteiger charge is -2.09. The first-order valence-electron chi connectivity index (χ1n) is 9.42. The Morgan fingerprint density at radius 2 is 1.93 bits per heavy atom. The SMILES string of the molecule is CCn1c(SCC(=O)Nc2cccc3cccnc23)nnc1-c1cccc(C)c1. The van der Waals surface area contributed by atoms with E-state index in [4.69, 9.17) is 0 Å². The fourth-order valence-corrected chi connectivity index (χ4v) is 4.00. The Morgan fingerprint density at radius 1 is 1.10 bits per heavy atom. The molecule has 146 valence electrons. The number of carbonyl (C=O) groups excluding carboxylic acids is 1.